The van der Waals surface area contributed by atoms with Crippen LogP contribution >= 0.6 is 0 Å². The molecule has 13 heteroatoms. The number of carbonyl (C=O) groups is 2. The van der Waals surface area contributed by atoms with Crippen LogP contribution in [0.25, 0.3) is 0 Å². The van der Waals surface area contributed by atoms with Gasteiger partial charge in [-0.2, -0.15) is 9.57 Å². The summed E-state index contributed by atoms with van der Waals surface area (Å²) in [5, 5.41) is 12.6. The summed E-state index contributed by atoms with van der Waals surface area (Å²) in [6, 6.07) is 16.4. The Morgan fingerprint density at radius 1 is 0.977 bits per heavy atom. The SMILES string of the molecule is N#Cc1ccc(C(=O)C=C2NC(Cc3cnc[nH]3)(Cc3cnc[nH]3)C(=O)N2C2[C@H]3CN(S(=O)(=O)c4ccccc4)C[C@@H]23)cc1. The number of ketones is 1. The van der Waals surface area contributed by atoms with Gasteiger partial charge in [0.05, 0.1) is 29.2 Å². The van der Waals surface area contributed by atoms with E-state index in [0.717, 1.165) is 11.4 Å². The van der Waals surface area contributed by atoms with Gasteiger partial charge in [0.15, 0.2) is 5.78 Å². The number of hydrogen-bond acceptors (Lipinski definition) is 8. The Hall–Kier alpha value is -5.06. The van der Waals surface area contributed by atoms with Gasteiger partial charge in [0.2, 0.25) is 10.0 Å². The maximum Gasteiger partial charge on any atom is 0.254 e. The summed E-state index contributed by atoms with van der Waals surface area (Å²) in [6.45, 7) is 0.558. The Kier molecular flexibility index (Phi) is 6.68. The molecule has 3 N–H and O–H groups in total. The van der Waals surface area contributed by atoms with E-state index >= 15 is 0 Å². The second-order valence-corrected chi connectivity index (χ2v) is 13.4. The first-order valence-corrected chi connectivity index (χ1v) is 15.6. The van der Waals surface area contributed by atoms with Crippen LogP contribution in [0.4, 0.5) is 0 Å². The van der Waals surface area contributed by atoms with Crippen molar-refractivity contribution in [3.8, 4) is 6.07 Å². The lowest BCUT2D eigenvalue weighted by atomic mass is 9.88. The third-order valence-electron chi connectivity index (χ3n) is 8.71. The molecule has 3 atom stereocenters. The molecule has 1 unspecified atom stereocenters. The van der Waals surface area contributed by atoms with Crippen molar-refractivity contribution >= 4 is 21.7 Å². The zero-order valence-electron chi connectivity index (χ0n) is 23.4. The Balaban J connectivity index is 1.22. The van der Waals surface area contributed by atoms with E-state index in [9.17, 15) is 18.0 Å². The second kappa shape index (κ2) is 10.6. The van der Waals surface area contributed by atoms with E-state index in [4.69, 9.17) is 5.26 Å². The van der Waals surface area contributed by atoms with E-state index in [1.807, 2.05) is 6.07 Å². The van der Waals surface area contributed by atoms with Crippen molar-refractivity contribution in [1.29, 1.82) is 5.26 Å². The first-order valence-electron chi connectivity index (χ1n) is 14.2. The Morgan fingerprint density at radius 3 is 2.14 bits per heavy atom. The fourth-order valence-corrected chi connectivity index (χ4v) is 8.05. The van der Waals surface area contributed by atoms with Gasteiger partial charge in [-0.1, -0.05) is 18.2 Å². The molecular formula is C31H28N8O4S. The molecular weight excluding hydrogens is 580 g/mol. The fraction of sp³-hybridized carbons (Fsp3) is 0.258. The standard InChI is InChI=1S/C31H28N8O4S/c32-13-20-6-8-21(9-7-20)27(40)10-28-37-31(11-22-14-33-18-35-22,12-23-15-34-19-36-23)30(41)39(28)29-25-16-38(17-26(25)29)44(42,43)24-4-2-1-3-5-24/h1-10,14-15,18-19,25-26,29,37H,11-12,16-17H2,(H,33,35)(H,34,36)/t25-,26+,29?. The molecule has 12 nitrogen and oxygen atoms in total. The first kappa shape index (κ1) is 27.8. The number of nitriles is 1. The van der Waals surface area contributed by atoms with Crippen LogP contribution in [-0.2, 0) is 27.7 Å². The number of nitrogens with zero attached hydrogens (tertiary/aromatic N) is 5. The molecule has 2 aromatic carbocycles. The molecule has 2 aliphatic heterocycles. The number of carbonyl (C=O) groups excluding carboxylic acids is 2. The van der Waals surface area contributed by atoms with E-state index in [1.54, 1.807) is 84.5 Å². The number of benzene rings is 2. The summed E-state index contributed by atoms with van der Waals surface area (Å²) in [5.41, 5.74) is 1.12. The normalized spacial score (nSPS) is 23.3. The van der Waals surface area contributed by atoms with Gasteiger partial charge >= 0.3 is 0 Å². The molecule has 222 valence electrons. The molecule has 4 aromatic rings. The molecule has 2 aromatic heterocycles. The summed E-state index contributed by atoms with van der Waals surface area (Å²) in [6.07, 6.45) is 8.38. The quantitative estimate of drug-likeness (QED) is 0.192. The van der Waals surface area contributed by atoms with Crippen molar-refractivity contribution in [1.82, 2.24) is 34.5 Å². The number of sulfonamides is 1. The third-order valence-corrected chi connectivity index (χ3v) is 10.6. The van der Waals surface area contributed by atoms with Crippen LogP contribution in [0.15, 0.2) is 96.4 Å². The number of amides is 1. The van der Waals surface area contributed by atoms with Crippen LogP contribution in [0.2, 0.25) is 0 Å². The second-order valence-electron chi connectivity index (χ2n) is 11.4. The molecule has 0 bridgehead atoms. The topological polar surface area (TPSA) is 168 Å². The number of aromatic nitrogens is 4. The minimum atomic E-state index is -3.67. The van der Waals surface area contributed by atoms with E-state index in [1.165, 1.54) is 10.4 Å². The maximum absolute atomic E-state index is 14.6. The average Bonchev–Trinajstić information content (AvgIpc) is 3.64. The number of nitrogens with one attached hydrogen (secondary N) is 3. The van der Waals surface area contributed by atoms with E-state index < -0.39 is 15.6 Å². The lowest BCUT2D eigenvalue weighted by molar-refractivity contribution is -0.132. The van der Waals surface area contributed by atoms with Crippen molar-refractivity contribution in [2.75, 3.05) is 13.1 Å². The van der Waals surface area contributed by atoms with E-state index in [2.05, 4.69) is 25.3 Å². The van der Waals surface area contributed by atoms with Gasteiger partial charge in [-0.05, 0) is 36.4 Å². The van der Waals surface area contributed by atoms with Crippen molar-refractivity contribution in [2.24, 2.45) is 11.8 Å². The summed E-state index contributed by atoms with van der Waals surface area (Å²) in [4.78, 5) is 44.4. The highest BCUT2D eigenvalue weighted by Gasteiger charge is 2.65. The van der Waals surface area contributed by atoms with Crippen LogP contribution in [-0.4, -0.2) is 73.9 Å². The van der Waals surface area contributed by atoms with Crippen molar-refractivity contribution in [2.45, 2.75) is 29.3 Å². The zero-order chi connectivity index (χ0) is 30.5. The predicted octanol–water partition coefficient (Wildman–Crippen LogP) is 2.00. The van der Waals surface area contributed by atoms with Gasteiger partial charge in [0.1, 0.15) is 11.4 Å². The van der Waals surface area contributed by atoms with Gasteiger partial charge in [0.25, 0.3) is 5.91 Å². The molecule has 2 saturated heterocycles. The molecule has 1 aliphatic carbocycles. The fourth-order valence-electron chi connectivity index (χ4n) is 6.51. The number of allylic oxidation sites excluding steroid dienone is 1. The third kappa shape index (κ3) is 4.78. The molecule has 0 radical (unpaired) electrons. The zero-order valence-corrected chi connectivity index (χ0v) is 24.2. The van der Waals surface area contributed by atoms with Gasteiger partial charge in [0, 0.05) is 79.2 Å². The van der Waals surface area contributed by atoms with Crippen molar-refractivity contribution < 1.29 is 18.0 Å². The van der Waals surface area contributed by atoms with Crippen molar-refractivity contribution in [3.05, 3.63) is 114 Å². The van der Waals surface area contributed by atoms with Crippen LogP contribution in [0.3, 0.4) is 0 Å². The summed E-state index contributed by atoms with van der Waals surface area (Å²) < 4.78 is 28.1. The largest absolute Gasteiger partial charge is 0.356 e. The summed E-state index contributed by atoms with van der Waals surface area (Å²) in [7, 11) is -3.67. The van der Waals surface area contributed by atoms with Gasteiger partial charge < -0.3 is 15.3 Å². The van der Waals surface area contributed by atoms with Crippen LogP contribution in [0.1, 0.15) is 27.3 Å². The summed E-state index contributed by atoms with van der Waals surface area (Å²) in [5.74, 6) is -0.337. The van der Waals surface area contributed by atoms with Gasteiger partial charge in [-0.25, -0.2) is 18.4 Å². The van der Waals surface area contributed by atoms with Crippen LogP contribution < -0.4 is 5.32 Å². The smallest absolute Gasteiger partial charge is 0.254 e. The number of piperidine rings is 1. The number of imidazole rings is 2. The van der Waals surface area contributed by atoms with Gasteiger partial charge in [-0.15, -0.1) is 0 Å². The molecule has 0 spiro atoms. The minimum absolute atomic E-state index is 0.0808. The highest BCUT2D eigenvalue weighted by Crippen LogP contribution is 2.53. The summed E-state index contributed by atoms with van der Waals surface area (Å²) >= 11 is 0. The number of fused-ring (bicyclic) bond motifs is 1. The monoisotopic (exact) mass is 608 g/mol. The molecule has 1 amide bonds. The Morgan fingerprint density at radius 2 is 1.59 bits per heavy atom. The number of hydrogen-bond donors (Lipinski definition) is 3. The van der Waals surface area contributed by atoms with Crippen LogP contribution in [0, 0.1) is 23.2 Å². The highest BCUT2D eigenvalue weighted by atomic mass is 32.2. The molecule has 7 rings (SSSR count). The highest BCUT2D eigenvalue weighted by molar-refractivity contribution is 7.89. The number of rotatable bonds is 9. The lowest BCUT2D eigenvalue weighted by Crippen LogP contribution is -2.51. The van der Waals surface area contributed by atoms with Gasteiger partial charge in [-0.3, -0.25) is 14.5 Å². The maximum atomic E-state index is 14.6. The number of H-pyrrole nitrogens is 2. The Labute approximate surface area is 253 Å². The van der Waals surface area contributed by atoms with Crippen LogP contribution in [0.5, 0.6) is 0 Å². The van der Waals surface area contributed by atoms with E-state index in [0.29, 0.717) is 16.9 Å². The first-order chi connectivity index (χ1) is 21.3. The molecule has 3 fully saturated rings. The molecule has 44 heavy (non-hydrogen) atoms. The molecule has 3 aliphatic rings. The van der Waals surface area contributed by atoms with Crippen molar-refractivity contribution in [3.63, 3.8) is 0 Å². The minimum Gasteiger partial charge on any atom is -0.356 e. The predicted molar refractivity (Wildman–Crippen MR) is 157 cm³/mol. The average molecular weight is 609 g/mol. The molecule has 1 saturated carbocycles. The lowest BCUT2D eigenvalue weighted by Gasteiger charge is -2.27. The molecule has 4 heterocycles. The van der Waals surface area contributed by atoms with E-state index in [-0.39, 0.29) is 60.4 Å². The Bertz CT molecular complexity index is 1830. The number of aromatic amines is 2.